The summed E-state index contributed by atoms with van der Waals surface area (Å²) in [4.78, 5) is 9.79. The summed E-state index contributed by atoms with van der Waals surface area (Å²) >= 11 is 0. The van der Waals surface area contributed by atoms with Crippen LogP contribution >= 0.6 is 0 Å². The predicted molar refractivity (Wildman–Crippen MR) is 97.6 cm³/mol. The largest absolute Gasteiger partial charge is 0.497 e. The molecule has 0 atom stereocenters. The molecule has 0 N–H and O–H groups in total. The van der Waals surface area contributed by atoms with Crippen molar-refractivity contribution in [3.63, 3.8) is 0 Å². The van der Waals surface area contributed by atoms with Gasteiger partial charge in [0.15, 0.2) is 5.65 Å². The molecule has 0 saturated heterocycles. The van der Waals surface area contributed by atoms with Gasteiger partial charge in [-0.1, -0.05) is 24.3 Å². The van der Waals surface area contributed by atoms with Crippen LogP contribution in [0, 0.1) is 0 Å². The zero-order chi connectivity index (χ0) is 16.3. The second-order valence-electron chi connectivity index (χ2n) is 6.03. The third-order valence-corrected chi connectivity index (χ3v) is 4.65. The van der Waals surface area contributed by atoms with Crippen molar-refractivity contribution in [1.29, 1.82) is 0 Å². The Bertz CT molecular complexity index is 1250. The Labute approximate surface area is 138 Å². The van der Waals surface area contributed by atoms with E-state index in [0.717, 1.165) is 38.8 Å². The summed E-state index contributed by atoms with van der Waals surface area (Å²) in [5, 5.41) is 3.42. The molecule has 0 aliphatic carbocycles. The van der Waals surface area contributed by atoms with Crippen LogP contribution in [-0.2, 0) is 7.05 Å². The smallest absolute Gasteiger partial charge is 0.160 e. The average Bonchev–Trinajstić information content (AvgIpc) is 2.89. The molecule has 0 radical (unpaired) electrons. The van der Waals surface area contributed by atoms with Gasteiger partial charge >= 0.3 is 0 Å². The molecule has 0 saturated carbocycles. The van der Waals surface area contributed by atoms with Crippen LogP contribution in [-0.4, -0.2) is 21.6 Å². The summed E-state index contributed by atoms with van der Waals surface area (Å²) in [7, 11) is 3.71. The Morgan fingerprint density at radius 3 is 2.29 bits per heavy atom. The Morgan fingerprint density at radius 2 is 1.58 bits per heavy atom. The van der Waals surface area contributed by atoms with Gasteiger partial charge in [0.1, 0.15) is 11.3 Å². The van der Waals surface area contributed by atoms with E-state index in [2.05, 4.69) is 34.9 Å². The van der Waals surface area contributed by atoms with Gasteiger partial charge in [0.25, 0.3) is 0 Å². The number of fused-ring (bicyclic) bond motifs is 5. The van der Waals surface area contributed by atoms with Crippen molar-refractivity contribution in [3.05, 3.63) is 54.6 Å². The van der Waals surface area contributed by atoms with Gasteiger partial charge in [0, 0.05) is 12.4 Å². The molecular formula is C20H15N3O. The van der Waals surface area contributed by atoms with Gasteiger partial charge < -0.3 is 9.30 Å². The number of nitrogens with zero attached hydrogens (tertiary/aromatic N) is 3. The number of aromatic nitrogens is 3. The molecule has 116 valence electrons. The molecule has 2 heterocycles. The predicted octanol–water partition coefficient (Wildman–Crippen LogP) is 4.44. The molecule has 0 amide bonds. The van der Waals surface area contributed by atoms with Crippen LogP contribution in [0.15, 0.2) is 54.6 Å². The minimum atomic E-state index is 0.829. The highest BCUT2D eigenvalue weighted by molar-refractivity contribution is 6.08. The maximum Gasteiger partial charge on any atom is 0.160 e. The zero-order valence-electron chi connectivity index (χ0n) is 13.4. The third kappa shape index (κ3) is 1.74. The topological polar surface area (TPSA) is 39.9 Å². The maximum absolute atomic E-state index is 5.37. The zero-order valence-corrected chi connectivity index (χ0v) is 13.4. The molecule has 3 aromatic carbocycles. The second-order valence-corrected chi connectivity index (χ2v) is 6.03. The lowest BCUT2D eigenvalue weighted by Crippen LogP contribution is -1.92. The van der Waals surface area contributed by atoms with Crippen molar-refractivity contribution in [2.75, 3.05) is 7.11 Å². The summed E-state index contributed by atoms with van der Waals surface area (Å²) in [6.07, 6.45) is 0. The molecule has 24 heavy (non-hydrogen) atoms. The lowest BCUT2D eigenvalue weighted by Gasteiger charge is -2.02. The minimum Gasteiger partial charge on any atom is -0.497 e. The quantitative estimate of drug-likeness (QED) is 0.430. The fraction of sp³-hybridized carbons (Fsp3) is 0.100. The first kappa shape index (κ1) is 13.3. The highest BCUT2D eigenvalue weighted by Crippen LogP contribution is 2.31. The summed E-state index contributed by atoms with van der Waals surface area (Å²) in [6.45, 7) is 0. The van der Waals surface area contributed by atoms with E-state index in [1.807, 2.05) is 31.3 Å². The monoisotopic (exact) mass is 313 g/mol. The number of hydrogen-bond donors (Lipinski definition) is 0. The molecule has 4 nitrogen and oxygen atoms in total. The lowest BCUT2D eigenvalue weighted by molar-refractivity contribution is 0.415. The van der Waals surface area contributed by atoms with Crippen LogP contribution in [0.1, 0.15) is 0 Å². The number of aryl methyl sites for hydroxylation is 1. The number of methoxy groups -OCH3 is 1. The number of benzene rings is 3. The van der Waals surface area contributed by atoms with Gasteiger partial charge in [0.2, 0.25) is 0 Å². The van der Waals surface area contributed by atoms with E-state index in [0.29, 0.717) is 0 Å². The van der Waals surface area contributed by atoms with Crippen LogP contribution in [0.25, 0.3) is 43.9 Å². The standard InChI is InChI=1S/C20H15N3O/c1-23-18-8-7-14(24-2)11-15(18)19-20(23)22-17-10-13-6-4-3-5-12(13)9-16(17)21-19/h3-11H,1-2H3. The fourth-order valence-electron chi connectivity index (χ4n) is 3.39. The summed E-state index contributed by atoms with van der Waals surface area (Å²) in [6, 6.07) is 18.6. The summed E-state index contributed by atoms with van der Waals surface area (Å²) < 4.78 is 7.46. The molecule has 2 aromatic heterocycles. The van der Waals surface area contributed by atoms with Crippen LogP contribution < -0.4 is 4.74 Å². The van der Waals surface area contributed by atoms with E-state index in [-0.39, 0.29) is 0 Å². The SMILES string of the molecule is COc1ccc2c(c1)c1nc3cc4ccccc4cc3nc1n2C. The molecule has 5 rings (SSSR count). The van der Waals surface area contributed by atoms with Crippen LogP contribution in [0.5, 0.6) is 5.75 Å². The van der Waals surface area contributed by atoms with Gasteiger partial charge in [-0.25, -0.2) is 9.97 Å². The molecule has 0 aliphatic heterocycles. The first-order chi connectivity index (χ1) is 11.7. The maximum atomic E-state index is 5.37. The molecular weight excluding hydrogens is 298 g/mol. The van der Waals surface area contributed by atoms with Crippen molar-refractivity contribution in [3.8, 4) is 5.75 Å². The molecule has 0 aliphatic rings. The molecule has 0 unspecified atom stereocenters. The first-order valence-corrected chi connectivity index (χ1v) is 7.87. The number of rotatable bonds is 1. The molecule has 0 fully saturated rings. The summed E-state index contributed by atoms with van der Waals surface area (Å²) in [5.41, 5.74) is 4.73. The van der Waals surface area contributed by atoms with Crippen LogP contribution in [0.4, 0.5) is 0 Å². The third-order valence-electron chi connectivity index (χ3n) is 4.65. The van der Waals surface area contributed by atoms with Crippen molar-refractivity contribution in [2.45, 2.75) is 0 Å². The molecule has 0 spiro atoms. The summed E-state index contributed by atoms with van der Waals surface area (Å²) in [5.74, 6) is 0.829. The minimum absolute atomic E-state index is 0.829. The number of hydrogen-bond acceptors (Lipinski definition) is 3. The molecule has 0 bridgehead atoms. The molecule has 4 heteroatoms. The van der Waals surface area contributed by atoms with Gasteiger partial charge in [-0.05, 0) is 41.1 Å². The second kappa shape index (κ2) is 4.68. The van der Waals surface area contributed by atoms with E-state index in [9.17, 15) is 0 Å². The first-order valence-electron chi connectivity index (χ1n) is 7.87. The van der Waals surface area contributed by atoms with Crippen molar-refractivity contribution >= 4 is 43.9 Å². The van der Waals surface area contributed by atoms with E-state index in [4.69, 9.17) is 14.7 Å². The van der Waals surface area contributed by atoms with Crippen molar-refractivity contribution in [1.82, 2.24) is 14.5 Å². The Kier molecular flexibility index (Phi) is 2.59. The fourth-order valence-corrected chi connectivity index (χ4v) is 3.39. The molecule has 5 aromatic rings. The van der Waals surface area contributed by atoms with Crippen molar-refractivity contribution < 1.29 is 4.74 Å². The van der Waals surface area contributed by atoms with E-state index in [1.54, 1.807) is 7.11 Å². The van der Waals surface area contributed by atoms with Gasteiger partial charge in [-0.2, -0.15) is 0 Å². The average molecular weight is 313 g/mol. The van der Waals surface area contributed by atoms with Crippen LogP contribution in [0.2, 0.25) is 0 Å². The highest BCUT2D eigenvalue weighted by atomic mass is 16.5. The van der Waals surface area contributed by atoms with Gasteiger partial charge in [-0.3, -0.25) is 0 Å². The Morgan fingerprint density at radius 1 is 0.875 bits per heavy atom. The van der Waals surface area contributed by atoms with Gasteiger partial charge in [-0.15, -0.1) is 0 Å². The Balaban J connectivity index is 1.96. The van der Waals surface area contributed by atoms with E-state index >= 15 is 0 Å². The normalized spacial score (nSPS) is 11.8. The van der Waals surface area contributed by atoms with Crippen LogP contribution in [0.3, 0.4) is 0 Å². The van der Waals surface area contributed by atoms with E-state index < -0.39 is 0 Å². The van der Waals surface area contributed by atoms with Gasteiger partial charge in [0.05, 0.1) is 23.7 Å². The van der Waals surface area contributed by atoms with Crippen molar-refractivity contribution in [2.24, 2.45) is 7.05 Å². The number of ether oxygens (including phenoxy) is 1. The Hall–Kier alpha value is -3.14. The lowest BCUT2D eigenvalue weighted by atomic mass is 10.1. The highest BCUT2D eigenvalue weighted by Gasteiger charge is 2.13. The van der Waals surface area contributed by atoms with E-state index in [1.165, 1.54) is 10.8 Å².